The first-order valence-electron chi connectivity index (χ1n) is 5.01. The average molecular weight is 186 g/mol. The molecule has 1 aliphatic rings. The predicted octanol–water partition coefficient (Wildman–Crippen LogP) is 0.705. The third-order valence-corrected chi connectivity index (χ3v) is 2.96. The lowest BCUT2D eigenvalue weighted by Gasteiger charge is -2.33. The summed E-state index contributed by atoms with van der Waals surface area (Å²) in [5, 5.41) is 3.54. The Balaban J connectivity index is 2.24. The molecule has 1 heterocycles. The molecule has 78 valence electrons. The highest BCUT2D eigenvalue weighted by molar-refractivity contribution is 4.82. The minimum Gasteiger partial charge on any atom is -0.380 e. The van der Waals surface area contributed by atoms with Gasteiger partial charge in [-0.15, -0.1) is 0 Å². The zero-order valence-corrected chi connectivity index (χ0v) is 9.26. The zero-order valence-electron chi connectivity index (χ0n) is 9.26. The molecule has 0 aromatic rings. The smallest absolute Gasteiger partial charge is 0.0620 e. The summed E-state index contributed by atoms with van der Waals surface area (Å²) in [7, 11) is 4.24. The molecule has 1 saturated heterocycles. The summed E-state index contributed by atoms with van der Waals surface area (Å²) in [6, 6.07) is 0.569. The lowest BCUT2D eigenvalue weighted by Crippen LogP contribution is -2.49. The first-order chi connectivity index (χ1) is 6.02. The third kappa shape index (κ3) is 3.25. The van der Waals surface area contributed by atoms with Crippen molar-refractivity contribution in [1.29, 1.82) is 0 Å². The number of nitrogens with zero attached hydrogens (tertiary/aromatic N) is 1. The van der Waals surface area contributed by atoms with E-state index in [1.165, 1.54) is 0 Å². The van der Waals surface area contributed by atoms with Gasteiger partial charge in [-0.1, -0.05) is 0 Å². The Kier molecular flexibility index (Phi) is 3.71. The molecule has 3 nitrogen and oxygen atoms in total. The fourth-order valence-electron chi connectivity index (χ4n) is 1.25. The van der Waals surface area contributed by atoms with Crippen LogP contribution in [-0.2, 0) is 4.74 Å². The number of hydrogen-bond donors (Lipinski definition) is 1. The van der Waals surface area contributed by atoms with Crippen LogP contribution in [0.3, 0.4) is 0 Å². The SMILES string of the molecule is CN(C)C(C)(C)CNC1CCOC1. The Labute approximate surface area is 81.4 Å². The van der Waals surface area contributed by atoms with Crippen LogP contribution < -0.4 is 5.32 Å². The molecule has 0 bridgehead atoms. The van der Waals surface area contributed by atoms with Gasteiger partial charge in [-0.25, -0.2) is 0 Å². The molecular weight excluding hydrogens is 164 g/mol. The highest BCUT2D eigenvalue weighted by Gasteiger charge is 2.23. The molecule has 1 fully saturated rings. The molecule has 1 rings (SSSR count). The Morgan fingerprint density at radius 1 is 1.46 bits per heavy atom. The molecular formula is C10H22N2O. The van der Waals surface area contributed by atoms with E-state index in [9.17, 15) is 0 Å². The van der Waals surface area contributed by atoms with E-state index in [4.69, 9.17) is 4.74 Å². The molecule has 1 N–H and O–H groups in total. The summed E-state index contributed by atoms with van der Waals surface area (Å²) in [6.07, 6.45) is 1.16. The van der Waals surface area contributed by atoms with Crippen molar-refractivity contribution in [2.75, 3.05) is 33.9 Å². The number of likely N-dealkylation sites (N-methyl/N-ethyl adjacent to an activating group) is 1. The topological polar surface area (TPSA) is 24.5 Å². The maximum Gasteiger partial charge on any atom is 0.0620 e. The molecule has 3 heteroatoms. The lowest BCUT2D eigenvalue weighted by molar-refractivity contribution is 0.169. The van der Waals surface area contributed by atoms with Crippen LogP contribution in [0, 0.1) is 0 Å². The largest absolute Gasteiger partial charge is 0.380 e. The molecule has 1 aliphatic heterocycles. The van der Waals surface area contributed by atoms with E-state index in [0.29, 0.717) is 6.04 Å². The highest BCUT2D eigenvalue weighted by Crippen LogP contribution is 2.10. The lowest BCUT2D eigenvalue weighted by atomic mass is 10.0. The summed E-state index contributed by atoms with van der Waals surface area (Å²) in [5.41, 5.74) is 0.225. The molecule has 0 aromatic heterocycles. The summed E-state index contributed by atoms with van der Waals surface area (Å²) < 4.78 is 5.31. The second-order valence-corrected chi connectivity index (χ2v) is 4.65. The van der Waals surface area contributed by atoms with E-state index in [2.05, 4.69) is 38.2 Å². The van der Waals surface area contributed by atoms with Gasteiger partial charge >= 0.3 is 0 Å². The molecule has 0 spiro atoms. The number of ether oxygens (including phenoxy) is 1. The van der Waals surface area contributed by atoms with E-state index in [1.54, 1.807) is 0 Å². The van der Waals surface area contributed by atoms with Gasteiger partial charge < -0.3 is 15.0 Å². The minimum absolute atomic E-state index is 0.225. The fourth-order valence-corrected chi connectivity index (χ4v) is 1.25. The van der Waals surface area contributed by atoms with E-state index >= 15 is 0 Å². The van der Waals surface area contributed by atoms with Crippen molar-refractivity contribution in [1.82, 2.24) is 10.2 Å². The molecule has 13 heavy (non-hydrogen) atoms. The van der Waals surface area contributed by atoms with Crippen molar-refractivity contribution in [2.24, 2.45) is 0 Å². The molecule has 1 atom stereocenters. The highest BCUT2D eigenvalue weighted by atomic mass is 16.5. The van der Waals surface area contributed by atoms with E-state index < -0.39 is 0 Å². The number of hydrogen-bond acceptors (Lipinski definition) is 3. The van der Waals surface area contributed by atoms with Crippen LogP contribution in [0.25, 0.3) is 0 Å². The number of nitrogens with one attached hydrogen (secondary N) is 1. The van der Waals surface area contributed by atoms with Gasteiger partial charge in [-0.3, -0.25) is 0 Å². The van der Waals surface area contributed by atoms with Gasteiger partial charge in [0, 0.05) is 24.7 Å². The van der Waals surface area contributed by atoms with Gasteiger partial charge in [-0.05, 0) is 34.4 Å². The van der Waals surface area contributed by atoms with Crippen LogP contribution >= 0.6 is 0 Å². The Hall–Kier alpha value is -0.120. The maximum absolute atomic E-state index is 5.31. The standard InChI is InChI=1S/C10H22N2O/c1-10(2,12(3)4)8-11-9-5-6-13-7-9/h9,11H,5-8H2,1-4H3. The predicted molar refractivity (Wildman–Crippen MR) is 55.0 cm³/mol. The summed E-state index contributed by atoms with van der Waals surface area (Å²) in [5.74, 6) is 0. The van der Waals surface area contributed by atoms with Crippen LogP contribution in [0.5, 0.6) is 0 Å². The van der Waals surface area contributed by atoms with Crippen molar-refractivity contribution in [3.63, 3.8) is 0 Å². The van der Waals surface area contributed by atoms with Crippen molar-refractivity contribution < 1.29 is 4.74 Å². The number of rotatable bonds is 4. The van der Waals surface area contributed by atoms with Gasteiger partial charge in [-0.2, -0.15) is 0 Å². The van der Waals surface area contributed by atoms with Crippen LogP contribution in [0.1, 0.15) is 20.3 Å². The Morgan fingerprint density at radius 2 is 2.15 bits per heavy atom. The molecule has 0 saturated carbocycles. The van der Waals surface area contributed by atoms with E-state index in [1.807, 2.05) is 0 Å². The van der Waals surface area contributed by atoms with Crippen molar-refractivity contribution >= 4 is 0 Å². The van der Waals surface area contributed by atoms with Crippen molar-refractivity contribution in [2.45, 2.75) is 31.8 Å². The normalized spacial score (nSPS) is 24.2. The van der Waals surface area contributed by atoms with E-state index in [-0.39, 0.29) is 5.54 Å². The van der Waals surface area contributed by atoms with Gasteiger partial charge in [0.1, 0.15) is 0 Å². The Bertz CT molecular complexity index is 151. The third-order valence-electron chi connectivity index (χ3n) is 2.96. The first-order valence-corrected chi connectivity index (χ1v) is 5.01. The molecule has 0 radical (unpaired) electrons. The van der Waals surface area contributed by atoms with Gasteiger partial charge in [0.15, 0.2) is 0 Å². The van der Waals surface area contributed by atoms with Crippen LogP contribution in [0.15, 0.2) is 0 Å². The second-order valence-electron chi connectivity index (χ2n) is 4.65. The average Bonchev–Trinajstić information content (AvgIpc) is 2.52. The quantitative estimate of drug-likeness (QED) is 0.699. The van der Waals surface area contributed by atoms with Crippen LogP contribution in [0.4, 0.5) is 0 Å². The zero-order chi connectivity index (χ0) is 9.90. The Morgan fingerprint density at radius 3 is 2.62 bits per heavy atom. The summed E-state index contributed by atoms with van der Waals surface area (Å²) in [4.78, 5) is 2.25. The molecule has 0 amide bonds. The van der Waals surface area contributed by atoms with E-state index in [0.717, 1.165) is 26.2 Å². The maximum atomic E-state index is 5.31. The summed E-state index contributed by atoms with van der Waals surface area (Å²) in [6.45, 7) is 7.31. The van der Waals surface area contributed by atoms with Crippen LogP contribution in [0.2, 0.25) is 0 Å². The summed E-state index contributed by atoms with van der Waals surface area (Å²) >= 11 is 0. The molecule has 0 aliphatic carbocycles. The second kappa shape index (κ2) is 4.40. The molecule has 0 aromatic carbocycles. The molecule has 1 unspecified atom stereocenters. The minimum atomic E-state index is 0.225. The van der Waals surface area contributed by atoms with Crippen molar-refractivity contribution in [3.05, 3.63) is 0 Å². The van der Waals surface area contributed by atoms with Gasteiger partial charge in [0.2, 0.25) is 0 Å². The van der Waals surface area contributed by atoms with Gasteiger partial charge in [0.25, 0.3) is 0 Å². The van der Waals surface area contributed by atoms with Crippen LogP contribution in [-0.4, -0.2) is 50.3 Å². The van der Waals surface area contributed by atoms with Crippen molar-refractivity contribution in [3.8, 4) is 0 Å². The van der Waals surface area contributed by atoms with Gasteiger partial charge in [0.05, 0.1) is 6.61 Å². The fraction of sp³-hybridized carbons (Fsp3) is 1.00. The monoisotopic (exact) mass is 186 g/mol. The first kappa shape index (κ1) is 11.0.